The zero-order chi connectivity index (χ0) is 17.7. The number of methoxy groups -OCH3 is 2. The highest BCUT2D eigenvalue weighted by Crippen LogP contribution is 2.28. The van der Waals surface area contributed by atoms with E-state index in [9.17, 15) is 8.42 Å². The van der Waals surface area contributed by atoms with Gasteiger partial charge in [0.25, 0.3) is 0 Å². The normalized spacial score (nSPS) is 12.7. The smallest absolute Gasteiger partial charge is 0.157 e. The standard InChI is InChI=1S/C18H21BrO4S/c1-13(15-5-4-6-16(19)11-15)24(20,21)10-9-14-7-8-17(22-2)12-18(14)23-3/h4-8,11-13H,9-10H2,1-3H3. The molecule has 0 heterocycles. The predicted molar refractivity (Wildman–Crippen MR) is 99.6 cm³/mol. The maximum atomic E-state index is 12.7. The lowest BCUT2D eigenvalue weighted by Crippen LogP contribution is -2.16. The molecule has 0 aliphatic heterocycles. The molecule has 6 heteroatoms. The van der Waals surface area contributed by atoms with E-state index in [0.29, 0.717) is 17.9 Å². The fourth-order valence-electron chi connectivity index (χ4n) is 2.45. The van der Waals surface area contributed by atoms with Gasteiger partial charge in [-0.05, 0) is 42.7 Å². The molecule has 0 saturated heterocycles. The topological polar surface area (TPSA) is 52.6 Å². The number of hydrogen-bond acceptors (Lipinski definition) is 4. The van der Waals surface area contributed by atoms with Crippen LogP contribution in [0, 0.1) is 0 Å². The first-order valence-corrected chi connectivity index (χ1v) is 10.1. The van der Waals surface area contributed by atoms with Gasteiger partial charge >= 0.3 is 0 Å². The Morgan fingerprint density at radius 1 is 1.08 bits per heavy atom. The van der Waals surface area contributed by atoms with Crippen molar-refractivity contribution in [3.05, 3.63) is 58.1 Å². The minimum atomic E-state index is -3.28. The fourth-order valence-corrected chi connectivity index (χ4v) is 4.29. The first kappa shape index (κ1) is 18.8. The van der Waals surface area contributed by atoms with E-state index in [0.717, 1.165) is 15.6 Å². The molecule has 1 atom stereocenters. The average molecular weight is 413 g/mol. The summed E-state index contributed by atoms with van der Waals surface area (Å²) in [6.07, 6.45) is 0.397. The molecule has 4 nitrogen and oxygen atoms in total. The molecule has 0 aliphatic carbocycles. The van der Waals surface area contributed by atoms with Crippen LogP contribution in [0.15, 0.2) is 46.9 Å². The highest BCUT2D eigenvalue weighted by molar-refractivity contribution is 9.10. The highest BCUT2D eigenvalue weighted by atomic mass is 79.9. The Labute approximate surface area is 151 Å². The van der Waals surface area contributed by atoms with Gasteiger partial charge < -0.3 is 9.47 Å². The first-order valence-electron chi connectivity index (χ1n) is 7.55. The second kappa shape index (κ2) is 8.03. The molecule has 24 heavy (non-hydrogen) atoms. The Morgan fingerprint density at radius 3 is 2.46 bits per heavy atom. The van der Waals surface area contributed by atoms with Gasteiger partial charge in [0.2, 0.25) is 0 Å². The zero-order valence-corrected chi connectivity index (χ0v) is 16.4. The van der Waals surface area contributed by atoms with E-state index in [1.165, 1.54) is 0 Å². The van der Waals surface area contributed by atoms with Gasteiger partial charge in [-0.2, -0.15) is 0 Å². The molecule has 0 aromatic heterocycles. The van der Waals surface area contributed by atoms with Crippen LogP contribution < -0.4 is 9.47 Å². The number of rotatable bonds is 7. The largest absolute Gasteiger partial charge is 0.497 e. The van der Waals surface area contributed by atoms with Crippen LogP contribution in [0.4, 0.5) is 0 Å². The van der Waals surface area contributed by atoms with Crippen LogP contribution in [0.3, 0.4) is 0 Å². The second-order valence-corrected chi connectivity index (χ2v) is 8.85. The lowest BCUT2D eigenvalue weighted by molar-refractivity contribution is 0.391. The second-order valence-electron chi connectivity index (χ2n) is 5.49. The van der Waals surface area contributed by atoms with Crippen molar-refractivity contribution >= 4 is 25.8 Å². The van der Waals surface area contributed by atoms with Crippen LogP contribution in [-0.4, -0.2) is 28.4 Å². The van der Waals surface area contributed by atoms with Crippen molar-refractivity contribution in [2.75, 3.05) is 20.0 Å². The van der Waals surface area contributed by atoms with Crippen molar-refractivity contribution in [2.45, 2.75) is 18.6 Å². The van der Waals surface area contributed by atoms with E-state index < -0.39 is 15.1 Å². The van der Waals surface area contributed by atoms with Gasteiger partial charge in [-0.25, -0.2) is 8.42 Å². The molecule has 0 spiro atoms. The molecule has 0 fully saturated rings. The van der Waals surface area contributed by atoms with E-state index >= 15 is 0 Å². The summed E-state index contributed by atoms with van der Waals surface area (Å²) in [6.45, 7) is 1.72. The molecular formula is C18H21BrO4S. The highest BCUT2D eigenvalue weighted by Gasteiger charge is 2.23. The summed E-state index contributed by atoms with van der Waals surface area (Å²) in [4.78, 5) is 0. The minimum absolute atomic E-state index is 0.0589. The fraction of sp³-hybridized carbons (Fsp3) is 0.333. The van der Waals surface area contributed by atoms with E-state index in [4.69, 9.17) is 9.47 Å². The summed E-state index contributed by atoms with van der Waals surface area (Å²) in [7, 11) is -0.128. The summed E-state index contributed by atoms with van der Waals surface area (Å²) in [5.74, 6) is 1.38. The van der Waals surface area contributed by atoms with Gasteiger partial charge in [0.15, 0.2) is 9.84 Å². The third kappa shape index (κ3) is 4.51. The molecule has 2 aromatic carbocycles. The maximum Gasteiger partial charge on any atom is 0.157 e. The van der Waals surface area contributed by atoms with Crippen LogP contribution in [0.1, 0.15) is 23.3 Å². The van der Waals surface area contributed by atoms with Crippen molar-refractivity contribution in [1.82, 2.24) is 0 Å². The molecule has 130 valence electrons. The average Bonchev–Trinajstić information content (AvgIpc) is 2.59. The van der Waals surface area contributed by atoms with E-state index in [1.807, 2.05) is 36.4 Å². The SMILES string of the molecule is COc1ccc(CCS(=O)(=O)C(C)c2cccc(Br)c2)c(OC)c1. The van der Waals surface area contributed by atoms with Gasteiger partial charge in [0, 0.05) is 10.5 Å². The first-order chi connectivity index (χ1) is 11.4. The third-order valence-electron chi connectivity index (χ3n) is 4.01. The van der Waals surface area contributed by atoms with Gasteiger partial charge in [0.1, 0.15) is 11.5 Å². The molecule has 0 aliphatic rings. The summed E-state index contributed by atoms with van der Waals surface area (Å²) in [5.41, 5.74) is 1.63. The Morgan fingerprint density at radius 2 is 1.83 bits per heavy atom. The van der Waals surface area contributed by atoms with Crippen molar-refractivity contribution in [3.8, 4) is 11.5 Å². The molecule has 0 N–H and O–H groups in total. The molecule has 0 saturated carbocycles. The summed E-state index contributed by atoms with van der Waals surface area (Å²) in [5, 5.41) is -0.556. The molecule has 1 unspecified atom stereocenters. The van der Waals surface area contributed by atoms with Gasteiger partial charge in [-0.1, -0.05) is 34.1 Å². The van der Waals surface area contributed by atoms with E-state index in [2.05, 4.69) is 15.9 Å². The maximum absolute atomic E-state index is 12.7. The predicted octanol–water partition coefficient (Wildman–Crippen LogP) is 4.18. The van der Waals surface area contributed by atoms with Gasteiger partial charge in [-0.15, -0.1) is 0 Å². The molecule has 0 amide bonds. The third-order valence-corrected chi connectivity index (χ3v) is 6.62. The number of ether oxygens (including phenoxy) is 2. The van der Waals surface area contributed by atoms with Crippen LogP contribution in [0.2, 0.25) is 0 Å². The van der Waals surface area contributed by atoms with E-state index in [1.54, 1.807) is 27.2 Å². The van der Waals surface area contributed by atoms with Crippen LogP contribution in [0.5, 0.6) is 11.5 Å². The molecule has 0 bridgehead atoms. The van der Waals surface area contributed by atoms with Crippen molar-refractivity contribution in [1.29, 1.82) is 0 Å². The summed E-state index contributed by atoms with van der Waals surface area (Å²) in [6, 6.07) is 12.8. The van der Waals surface area contributed by atoms with E-state index in [-0.39, 0.29) is 5.75 Å². The number of hydrogen-bond donors (Lipinski definition) is 0. The number of benzene rings is 2. The number of halogens is 1. The number of sulfone groups is 1. The molecule has 2 aromatic rings. The molecular weight excluding hydrogens is 392 g/mol. The monoisotopic (exact) mass is 412 g/mol. The van der Waals surface area contributed by atoms with Crippen molar-refractivity contribution in [3.63, 3.8) is 0 Å². The lowest BCUT2D eigenvalue weighted by atomic mass is 10.1. The number of aryl methyl sites for hydroxylation is 1. The lowest BCUT2D eigenvalue weighted by Gasteiger charge is -2.15. The summed E-state index contributed by atoms with van der Waals surface area (Å²) < 4.78 is 36.7. The Kier molecular flexibility index (Phi) is 6.29. The van der Waals surface area contributed by atoms with Gasteiger partial charge in [-0.3, -0.25) is 0 Å². The minimum Gasteiger partial charge on any atom is -0.497 e. The van der Waals surface area contributed by atoms with Crippen molar-refractivity contribution < 1.29 is 17.9 Å². The Hall–Kier alpha value is -1.53. The Bertz CT molecular complexity index is 802. The Balaban J connectivity index is 2.15. The van der Waals surface area contributed by atoms with Gasteiger partial charge in [0.05, 0.1) is 25.2 Å². The molecule has 2 rings (SSSR count). The quantitative estimate of drug-likeness (QED) is 0.683. The zero-order valence-electron chi connectivity index (χ0n) is 14.0. The van der Waals surface area contributed by atoms with Crippen molar-refractivity contribution in [2.24, 2.45) is 0 Å². The summed E-state index contributed by atoms with van der Waals surface area (Å²) >= 11 is 3.38. The van der Waals surface area contributed by atoms with Crippen LogP contribution in [-0.2, 0) is 16.3 Å². The molecule has 0 radical (unpaired) electrons. The van der Waals surface area contributed by atoms with Crippen LogP contribution in [0.25, 0.3) is 0 Å². The van der Waals surface area contributed by atoms with Crippen LogP contribution >= 0.6 is 15.9 Å².